The van der Waals surface area contributed by atoms with Crippen molar-refractivity contribution in [1.29, 1.82) is 0 Å². The van der Waals surface area contributed by atoms with Crippen molar-refractivity contribution in [2.45, 2.75) is 57.8 Å². The second-order valence-electron chi connectivity index (χ2n) is 9.02. The number of halogens is 2. The number of hydrogen-bond acceptors (Lipinski definition) is 5. The van der Waals surface area contributed by atoms with E-state index >= 15 is 0 Å². The van der Waals surface area contributed by atoms with Gasteiger partial charge in [-0.15, -0.1) is 0 Å². The molecule has 35 heavy (non-hydrogen) atoms. The van der Waals surface area contributed by atoms with Gasteiger partial charge in [-0.3, -0.25) is 4.79 Å². The van der Waals surface area contributed by atoms with Crippen LogP contribution < -0.4 is 5.69 Å². The summed E-state index contributed by atoms with van der Waals surface area (Å²) >= 11 is 0. The Morgan fingerprint density at radius 3 is 2.54 bits per heavy atom. The van der Waals surface area contributed by atoms with Crippen LogP contribution in [0.5, 0.6) is 0 Å². The summed E-state index contributed by atoms with van der Waals surface area (Å²) in [6.07, 6.45) is 4.53. The largest absolute Gasteiger partial charge is 0.345 e. The minimum Gasteiger partial charge on any atom is -0.337 e. The molecule has 0 aliphatic heterocycles. The van der Waals surface area contributed by atoms with Gasteiger partial charge in [-0.05, 0) is 68.4 Å². The summed E-state index contributed by atoms with van der Waals surface area (Å²) < 4.78 is 29.0. The number of amides is 1. The number of fused-ring (bicyclic) bond motifs is 1. The Bertz CT molecular complexity index is 1270. The lowest BCUT2D eigenvalue weighted by Gasteiger charge is -2.43. The van der Waals surface area contributed by atoms with Gasteiger partial charge in [-0.1, -0.05) is 19.9 Å². The van der Waals surface area contributed by atoms with E-state index in [1.54, 1.807) is 11.0 Å². The molecule has 1 aliphatic carbocycles. The van der Waals surface area contributed by atoms with Crippen LogP contribution in [0.3, 0.4) is 0 Å². The standard InChI is InChI=1S/C26H29F2N5O2/c1-4-16-10-12-26(5-2,15-33(6-3)24(34)20-11-13-29-25(35)30-20)23-17(16)14-21(31-32-23)22-18(27)8-7-9-19(22)28/h7-9,11,13-14,16H,4-6,10,12,15H2,1-3H3,(H,29,30,35)/t16-,26+/m0/s1. The van der Waals surface area contributed by atoms with E-state index in [1.807, 2.05) is 6.92 Å². The first-order valence-corrected chi connectivity index (χ1v) is 12.0. The summed E-state index contributed by atoms with van der Waals surface area (Å²) in [6.45, 7) is 6.83. The Morgan fingerprint density at radius 1 is 1.17 bits per heavy atom. The predicted molar refractivity (Wildman–Crippen MR) is 128 cm³/mol. The summed E-state index contributed by atoms with van der Waals surface area (Å²) in [5.74, 6) is -1.48. The molecule has 0 saturated carbocycles. The average molecular weight is 482 g/mol. The fourth-order valence-corrected chi connectivity index (χ4v) is 5.11. The van der Waals surface area contributed by atoms with E-state index in [2.05, 4.69) is 34.0 Å². The van der Waals surface area contributed by atoms with Gasteiger partial charge in [0, 0.05) is 24.7 Å². The molecule has 7 nitrogen and oxygen atoms in total. The minimum atomic E-state index is -0.682. The lowest BCUT2D eigenvalue weighted by atomic mass is 9.66. The fraction of sp³-hybridized carbons (Fsp3) is 0.423. The molecule has 1 amide bonds. The third-order valence-electron chi connectivity index (χ3n) is 7.19. The van der Waals surface area contributed by atoms with Crippen LogP contribution in [0, 0.1) is 11.6 Å². The molecule has 9 heteroatoms. The summed E-state index contributed by atoms with van der Waals surface area (Å²) in [4.78, 5) is 32.6. The van der Waals surface area contributed by atoms with Crippen LogP contribution in [0.1, 0.15) is 74.1 Å². The zero-order valence-corrected chi connectivity index (χ0v) is 20.1. The first kappa shape index (κ1) is 24.6. The number of rotatable bonds is 7. The minimum absolute atomic E-state index is 0.169. The molecular formula is C26H29F2N5O2. The van der Waals surface area contributed by atoms with Gasteiger partial charge >= 0.3 is 5.69 Å². The molecule has 0 fully saturated rings. The Labute approximate surface area is 202 Å². The molecule has 184 valence electrons. The third-order valence-corrected chi connectivity index (χ3v) is 7.19. The third kappa shape index (κ3) is 4.59. The van der Waals surface area contributed by atoms with Crippen molar-refractivity contribution in [3.63, 3.8) is 0 Å². The van der Waals surface area contributed by atoms with Gasteiger partial charge in [0.25, 0.3) is 5.91 Å². The van der Waals surface area contributed by atoms with Crippen molar-refractivity contribution < 1.29 is 13.6 Å². The van der Waals surface area contributed by atoms with Crippen molar-refractivity contribution in [2.24, 2.45) is 0 Å². The van der Waals surface area contributed by atoms with Crippen LogP contribution in [0.2, 0.25) is 0 Å². The van der Waals surface area contributed by atoms with Gasteiger partial charge in [0.05, 0.1) is 17.0 Å². The first-order chi connectivity index (χ1) is 16.8. The van der Waals surface area contributed by atoms with Crippen LogP contribution in [0.15, 0.2) is 41.3 Å². The molecule has 0 radical (unpaired) electrons. The van der Waals surface area contributed by atoms with Crippen molar-refractivity contribution in [2.75, 3.05) is 13.1 Å². The number of likely N-dealkylation sites (N-methyl/N-ethyl adjacent to an activating group) is 1. The molecule has 2 atom stereocenters. The van der Waals surface area contributed by atoms with E-state index in [1.165, 1.54) is 30.5 Å². The zero-order chi connectivity index (χ0) is 25.2. The van der Waals surface area contributed by atoms with Crippen molar-refractivity contribution in [3.8, 4) is 11.3 Å². The quantitative estimate of drug-likeness (QED) is 0.532. The average Bonchev–Trinajstić information content (AvgIpc) is 2.86. The monoisotopic (exact) mass is 481 g/mol. The molecular weight excluding hydrogens is 452 g/mol. The Hall–Kier alpha value is -3.49. The van der Waals surface area contributed by atoms with Gasteiger partial charge < -0.3 is 9.88 Å². The number of aromatic amines is 1. The molecule has 1 aromatic carbocycles. The predicted octanol–water partition coefficient (Wildman–Crippen LogP) is 4.60. The Morgan fingerprint density at radius 2 is 1.91 bits per heavy atom. The molecule has 0 unspecified atom stereocenters. The Kier molecular flexibility index (Phi) is 7.05. The maximum Gasteiger partial charge on any atom is 0.345 e. The number of H-pyrrole nitrogens is 1. The van der Waals surface area contributed by atoms with Crippen LogP contribution in [-0.2, 0) is 5.41 Å². The molecule has 3 aromatic rings. The highest BCUT2D eigenvalue weighted by molar-refractivity contribution is 5.92. The van der Waals surface area contributed by atoms with Gasteiger partial charge in [0.15, 0.2) is 0 Å². The highest BCUT2D eigenvalue weighted by Gasteiger charge is 2.42. The lowest BCUT2D eigenvalue weighted by molar-refractivity contribution is 0.0695. The smallest absolute Gasteiger partial charge is 0.337 e. The van der Waals surface area contributed by atoms with Gasteiger partial charge in [0.2, 0.25) is 0 Å². The topological polar surface area (TPSA) is 91.8 Å². The van der Waals surface area contributed by atoms with Crippen LogP contribution >= 0.6 is 0 Å². The number of carbonyl (C=O) groups is 1. The van der Waals surface area contributed by atoms with Crippen molar-refractivity contribution in [1.82, 2.24) is 25.1 Å². The maximum absolute atomic E-state index is 14.5. The van der Waals surface area contributed by atoms with Gasteiger partial charge in [0.1, 0.15) is 17.3 Å². The molecule has 2 aromatic heterocycles. The van der Waals surface area contributed by atoms with Gasteiger partial charge in [-0.25, -0.2) is 18.6 Å². The molecule has 1 N–H and O–H groups in total. The number of hydrogen-bond donors (Lipinski definition) is 1. The second kappa shape index (κ2) is 10.0. The maximum atomic E-state index is 14.5. The Balaban J connectivity index is 1.76. The molecule has 4 rings (SSSR count). The lowest BCUT2D eigenvalue weighted by Crippen LogP contribution is -2.47. The fourth-order valence-electron chi connectivity index (χ4n) is 5.11. The van der Waals surface area contributed by atoms with E-state index in [0.717, 1.165) is 30.5 Å². The normalized spacial score (nSPS) is 19.3. The highest BCUT2D eigenvalue weighted by atomic mass is 19.1. The SMILES string of the molecule is CC[C@H]1CC[C@](CC)(CN(CC)C(=O)c2ccnc(=O)[nH]2)c2nnc(-c3c(F)cccc3F)cc21. The summed E-state index contributed by atoms with van der Waals surface area (Å²) in [5, 5.41) is 8.80. The van der Waals surface area contributed by atoms with Crippen molar-refractivity contribution >= 4 is 5.91 Å². The first-order valence-electron chi connectivity index (χ1n) is 12.0. The van der Waals surface area contributed by atoms with Crippen LogP contribution in [0.25, 0.3) is 11.3 Å². The van der Waals surface area contributed by atoms with Crippen molar-refractivity contribution in [3.05, 3.63) is 75.6 Å². The summed E-state index contributed by atoms with van der Waals surface area (Å²) in [7, 11) is 0. The van der Waals surface area contributed by atoms with E-state index in [9.17, 15) is 18.4 Å². The summed E-state index contributed by atoms with van der Waals surface area (Å²) in [6, 6.07) is 6.99. The number of aromatic nitrogens is 4. The molecule has 0 spiro atoms. The van der Waals surface area contributed by atoms with Crippen LogP contribution in [0.4, 0.5) is 8.78 Å². The zero-order valence-electron chi connectivity index (χ0n) is 20.1. The number of nitrogens with one attached hydrogen (secondary N) is 1. The second-order valence-corrected chi connectivity index (χ2v) is 9.02. The van der Waals surface area contributed by atoms with E-state index < -0.39 is 22.7 Å². The molecule has 0 saturated heterocycles. The summed E-state index contributed by atoms with van der Waals surface area (Å²) in [5.41, 5.74) is 0.808. The van der Waals surface area contributed by atoms with Gasteiger partial charge in [-0.2, -0.15) is 10.2 Å². The van der Waals surface area contributed by atoms with E-state index in [-0.39, 0.29) is 28.8 Å². The van der Waals surface area contributed by atoms with E-state index in [0.29, 0.717) is 19.5 Å². The van der Waals surface area contributed by atoms with Crippen LogP contribution in [-0.4, -0.2) is 44.1 Å². The number of benzene rings is 1. The number of carbonyl (C=O) groups excluding carboxylic acids is 1. The number of nitrogens with zero attached hydrogens (tertiary/aromatic N) is 4. The molecule has 2 heterocycles. The highest BCUT2D eigenvalue weighted by Crippen LogP contribution is 2.46. The molecule has 0 bridgehead atoms. The van der Waals surface area contributed by atoms with E-state index in [4.69, 9.17) is 0 Å². The molecule has 1 aliphatic rings.